The van der Waals surface area contributed by atoms with Gasteiger partial charge in [0.15, 0.2) is 6.10 Å². The lowest BCUT2D eigenvalue weighted by molar-refractivity contribution is -0.152. The number of aliphatic hydroxyl groups excluding tert-OH is 1. The van der Waals surface area contributed by atoms with Gasteiger partial charge in [-0.05, 0) is 12.6 Å². The summed E-state index contributed by atoms with van der Waals surface area (Å²) in [5, 5.41) is 17.6. The number of aliphatic hydroxyl groups is 1. The maximum atomic E-state index is 11.0. The van der Waals surface area contributed by atoms with Crippen molar-refractivity contribution in [3.8, 4) is 0 Å². The number of nitrogens with zero attached hydrogens (tertiary/aromatic N) is 1. The topological polar surface area (TPSA) is 70.0 Å². The second-order valence-corrected chi connectivity index (χ2v) is 4.10. The molecule has 0 aliphatic rings. The van der Waals surface area contributed by atoms with E-state index in [1.165, 1.54) is 0 Å². The Kier molecular flexibility index (Phi) is 6.35. The van der Waals surface area contributed by atoms with Crippen molar-refractivity contribution in [2.75, 3.05) is 26.8 Å². The predicted molar refractivity (Wildman–Crippen MR) is 67.2 cm³/mol. The number of likely N-dealkylation sites (N-methyl/N-ethyl adjacent to an activating group) is 1. The number of benzene rings is 1. The van der Waals surface area contributed by atoms with Gasteiger partial charge in [-0.15, -0.1) is 0 Å². The highest BCUT2D eigenvalue weighted by molar-refractivity contribution is 5.72. The van der Waals surface area contributed by atoms with Gasteiger partial charge in [-0.3, -0.25) is 4.90 Å². The van der Waals surface area contributed by atoms with Crippen LogP contribution in [0.4, 0.5) is 0 Å². The molecule has 1 rings (SSSR count). The van der Waals surface area contributed by atoms with Crippen molar-refractivity contribution in [1.29, 1.82) is 0 Å². The van der Waals surface area contributed by atoms with E-state index in [1.807, 2.05) is 42.3 Å². The van der Waals surface area contributed by atoms with Crippen LogP contribution in [-0.2, 0) is 16.1 Å². The first-order valence-corrected chi connectivity index (χ1v) is 5.81. The Hall–Kier alpha value is -1.43. The monoisotopic (exact) mass is 253 g/mol. The van der Waals surface area contributed by atoms with Gasteiger partial charge in [0.05, 0.1) is 13.2 Å². The van der Waals surface area contributed by atoms with Gasteiger partial charge >= 0.3 is 5.97 Å². The summed E-state index contributed by atoms with van der Waals surface area (Å²) in [5.74, 6) is -1.01. The van der Waals surface area contributed by atoms with Crippen molar-refractivity contribution in [3.63, 3.8) is 0 Å². The molecule has 0 saturated heterocycles. The molecule has 0 fully saturated rings. The van der Waals surface area contributed by atoms with Crippen LogP contribution in [0.15, 0.2) is 30.3 Å². The fourth-order valence-corrected chi connectivity index (χ4v) is 1.64. The Labute approximate surface area is 107 Å². The molecule has 1 aromatic carbocycles. The highest BCUT2D eigenvalue weighted by Gasteiger charge is 2.19. The lowest BCUT2D eigenvalue weighted by Gasteiger charge is -2.21. The van der Waals surface area contributed by atoms with Crippen LogP contribution in [0.5, 0.6) is 0 Å². The van der Waals surface area contributed by atoms with Gasteiger partial charge in [0.1, 0.15) is 0 Å². The molecule has 0 spiro atoms. The Morgan fingerprint density at radius 1 is 1.39 bits per heavy atom. The van der Waals surface area contributed by atoms with Crippen molar-refractivity contribution < 1.29 is 19.7 Å². The highest BCUT2D eigenvalue weighted by Crippen LogP contribution is 2.04. The van der Waals surface area contributed by atoms with E-state index in [9.17, 15) is 4.79 Å². The van der Waals surface area contributed by atoms with E-state index < -0.39 is 12.1 Å². The van der Waals surface area contributed by atoms with E-state index in [0.717, 1.165) is 5.56 Å². The average Bonchev–Trinajstić information content (AvgIpc) is 2.35. The summed E-state index contributed by atoms with van der Waals surface area (Å²) in [6, 6.07) is 9.80. The molecule has 1 atom stereocenters. The van der Waals surface area contributed by atoms with Gasteiger partial charge in [-0.25, -0.2) is 4.79 Å². The molecular weight excluding hydrogens is 234 g/mol. The van der Waals surface area contributed by atoms with Crippen molar-refractivity contribution in [2.24, 2.45) is 0 Å². The third-order valence-corrected chi connectivity index (χ3v) is 2.46. The number of hydrogen-bond donors (Lipinski definition) is 2. The average molecular weight is 253 g/mol. The summed E-state index contributed by atoms with van der Waals surface area (Å²) in [7, 11) is 1.84. The minimum atomic E-state index is -1.01. The number of carboxylic acids is 1. The van der Waals surface area contributed by atoms with Crippen LogP contribution >= 0.6 is 0 Å². The maximum absolute atomic E-state index is 11.0. The van der Waals surface area contributed by atoms with Crippen molar-refractivity contribution in [1.82, 2.24) is 4.90 Å². The molecule has 0 radical (unpaired) electrons. The zero-order chi connectivity index (χ0) is 13.4. The molecule has 0 aromatic heterocycles. The van der Waals surface area contributed by atoms with E-state index in [1.54, 1.807) is 0 Å². The third kappa shape index (κ3) is 5.27. The molecule has 2 N–H and O–H groups in total. The van der Waals surface area contributed by atoms with Crippen LogP contribution in [0.2, 0.25) is 0 Å². The molecule has 0 heterocycles. The molecule has 0 bridgehead atoms. The fourth-order valence-electron chi connectivity index (χ4n) is 1.64. The van der Waals surface area contributed by atoms with Crippen LogP contribution in [0, 0.1) is 0 Å². The normalized spacial score (nSPS) is 12.6. The first-order valence-electron chi connectivity index (χ1n) is 5.81. The van der Waals surface area contributed by atoms with Gasteiger partial charge in [0.2, 0.25) is 0 Å². The van der Waals surface area contributed by atoms with Gasteiger partial charge in [-0.2, -0.15) is 0 Å². The minimum absolute atomic E-state index is 0.0378. The van der Waals surface area contributed by atoms with Crippen LogP contribution in [0.1, 0.15) is 5.56 Å². The number of ether oxygens (including phenoxy) is 1. The molecule has 0 aliphatic carbocycles. The summed E-state index contributed by atoms with van der Waals surface area (Å²) < 4.78 is 5.07. The van der Waals surface area contributed by atoms with E-state index in [-0.39, 0.29) is 19.8 Å². The molecule has 5 heteroatoms. The zero-order valence-corrected chi connectivity index (χ0v) is 10.5. The van der Waals surface area contributed by atoms with E-state index >= 15 is 0 Å². The first-order chi connectivity index (χ1) is 8.63. The Balaban J connectivity index is 2.45. The van der Waals surface area contributed by atoms with Crippen LogP contribution in [0.25, 0.3) is 0 Å². The van der Waals surface area contributed by atoms with E-state index in [2.05, 4.69) is 0 Å². The molecule has 0 amide bonds. The van der Waals surface area contributed by atoms with Crippen molar-refractivity contribution in [3.05, 3.63) is 35.9 Å². The molecule has 0 unspecified atom stereocenters. The second kappa shape index (κ2) is 7.81. The molecular formula is C13H19NO4. The third-order valence-electron chi connectivity index (χ3n) is 2.46. The largest absolute Gasteiger partial charge is 0.479 e. The van der Waals surface area contributed by atoms with Crippen molar-refractivity contribution >= 4 is 5.97 Å². The quantitative estimate of drug-likeness (QED) is 0.709. The van der Waals surface area contributed by atoms with Gasteiger partial charge in [0, 0.05) is 13.1 Å². The van der Waals surface area contributed by atoms with Crippen LogP contribution in [0.3, 0.4) is 0 Å². The number of carbonyl (C=O) groups is 1. The van der Waals surface area contributed by atoms with Gasteiger partial charge < -0.3 is 14.9 Å². The molecule has 100 valence electrons. The molecule has 5 nitrogen and oxygen atoms in total. The second-order valence-electron chi connectivity index (χ2n) is 4.10. The number of carboxylic acid groups (broad SMARTS) is 1. The molecule has 18 heavy (non-hydrogen) atoms. The number of hydrogen-bond acceptors (Lipinski definition) is 4. The highest BCUT2D eigenvalue weighted by atomic mass is 16.5. The molecule has 1 aromatic rings. The fraction of sp³-hybridized carbons (Fsp3) is 0.462. The summed E-state index contributed by atoms with van der Waals surface area (Å²) in [6.07, 6.45) is -0.911. The Bertz CT molecular complexity index is 355. The number of rotatable bonds is 8. The summed E-state index contributed by atoms with van der Waals surface area (Å²) in [4.78, 5) is 12.8. The summed E-state index contributed by atoms with van der Waals surface area (Å²) in [5.41, 5.74) is 1.12. The van der Waals surface area contributed by atoms with Crippen molar-refractivity contribution in [2.45, 2.75) is 12.6 Å². The van der Waals surface area contributed by atoms with E-state index in [4.69, 9.17) is 14.9 Å². The maximum Gasteiger partial charge on any atom is 0.334 e. The summed E-state index contributed by atoms with van der Waals surface area (Å²) >= 11 is 0. The smallest absolute Gasteiger partial charge is 0.334 e. The number of aliphatic carboxylic acids is 1. The molecule has 0 aliphatic heterocycles. The minimum Gasteiger partial charge on any atom is -0.479 e. The standard InChI is InChI=1S/C13H19NO4/c1-14(9-11-5-3-2-4-6-11)10-12(13(16)17)18-8-7-15/h2-6,12,15H,7-10H2,1H3,(H,16,17)/t12-/m1/s1. The van der Waals surface area contributed by atoms with E-state index in [0.29, 0.717) is 6.54 Å². The lowest BCUT2D eigenvalue weighted by atomic mass is 10.2. The SMILES string of the molecule is CN(Cc1ccccc1)C[C@@H](OCCO)C(=O)O. The summed E-state index contributed by atoms with van der Waals surface area (Å²) in [6.45, 7) is 0.805. The molecule has 0 saturated carbocycles. The first kappa shape index (κ1) is 14.6. The zero-order valence-electron chi connectivity index (χ0n) is 10.5. The Morgan fingerprint density at radius 3 is 2.61 bits per heavy atom. The van der Waals surface area contributed by atoms with Gasteiger partial charge in [0.25, 0.3) is 0 Å². The van der Waals surface area contributed by atoms with Gasteiger partial charge in [-0.1, -0.05) is 30.3 Å². The van der Waals surface area contributed by atoms with Crippen LogP contribution in [-0.4, -0.2) is 54.0 Å². The Morgan fingerprint density at radius 2 is 2.06 bits per heavy atom. The van der Waals surface area contributed by atoms with Crippen LogP contribution < -0.4 is 0 Å². The predicted octanol–water partition coefficient (Wildman–Crippen LogP) is 0.581. The lowest BCUT2D eigenvalue weighted by Crippen LogP contribution is -2.37.